The summed E-state index contributed by atoms with van der Waals surface area (Å²) in [5.41, 5.74) is 3.92. The zero-order valence-electron chi connectivity index (χ0n) is 14.3. The second-order valence-electron chi connectivity index (χ2n) is 6.54. The molecule has 0 radical (unpaired) electrons. The molecule has 21 heavy (non-hydrogen) atoms. The number of benzene rings is 1. The van der Waals surface area contributed by atoms with Gasteiger partial charge >= 0.3 is 0 Å². The molecule has 1 rings (SSSR count). The maximum atomic E-state index is 10.1. The van der Waals surface area contributed by atoms with E-state index in [4.69, 9.17) is 0 Å². The minimum atomic E-state index is -0.174. The van der Waals surface area contributed by atoms with Crippen molar-refractivity contribution in [2.45, 2.75) is 91.1 Å². The maximum absolute atomic E-state index is 10.1. The summed E-state index contributed by atoms with van der Waals surface area (Å²) in [6.45, 7) is 6.54. The summed E-state index contributed by atoms with van der Waals surface area (Å²) >= 11 is 0. The second kappa shape index (κ2) is 10.8. The SMILES string of the molecule is CCCCCCCCCCC(O)Cc1ccc(C)c(C)c1. The summed E-state index contributed by atoms with van der Waals surface area (Å²) in [6, 6.07) is 6.53. The molecule has 0 fully saturated rings. The van der Waals surface area contributed by atoms with Crippen molar-refractivity contribution in [1.29, 1.82) is 0 Å². The van der Waals surface area contributed by atoms with Crippen LogP contribution in [0.1, 0.15) is 81.4 Å². The molecular formula is C20H34O. The van der Waals surface area contributed by atoms with E-state index in [2.05, 4.69) is 39.0 Å². The van der Waals surface area contributed by atoms with E-state index in [0.717, 1.165) is 12.8 Å². The van der Waals surface area contributed by atoms with E-state index in [9.17, 15) is 5.11 Å². The van der Waals surface area contributed by atoms with Crippen LogP contribution in [0.25, 0.3) is 0 Å². The van der Waals surface area contributed by atoms with Gasteiger partial charge in [0, 0.05) is 0 Å². The molecule has 0 aliphatic rings. The van der Waals surface area contributed by atoms with E-state index in [-0.39, 0.29) is 6.10 Å². The Morgan fingerprint density at radius 1 is 0.857 bits per heavy atom. The van der Waals surface area contributed by atoms with Crippen molar-refractivity contribution in [2.75, 3.05) is 0 Å². The van der Waals surface area contributed by atoms with Gasteiger partial charge in [-0.15, -0.1) is 0 Å². The average Bonchev–Trinajstić information content (AvgIpc) is 2.46. The summed E-state index contributed by atoms with van der Waals surface area (Å²) in [7, 11) is 0. The first-order valence-corrected chi connectivity index (χ1v) is 8.87. The molecule has 1 aromatic carbocycles. The topological polar surface area (TPSA) is 20.2 Å². The molecule has 0 heterocycles. The van der Waals surface area contributed by atoms with Crippen molar-refractivity contribution in [3.8, 4) is 0 Å². The lowest BCUT2D eigenvalue weighted by molar-refractivity contribution is 0.161. The van der Waals surface area contributed by atoms with E-state index < -0.39 is 0 Å². The van der Waals surface area contributed by atoms with Crippen molar-refractivity contribution in [3.63, 3.8) is 0 Å². The van der Waals surface area contributed by atoms with Gasteiger partial charge in [-0.25, -0.2) is 0 Å². The monoisotopic (exact) mass is 290 g/mol. The summed E-state index contributed by atoms with van der Waals surface area (Å²) in [4.78, 5) is 0. The van der Waals surface area contributed by atoms with Crippen LogP contribution in [0.4, 0.5) is 0 Å². The molecule has 1 unspecified atom stereocenters. The number of hydrogen-bond donors (Lipinski definition) is 1. The smallest absolute Gasteiger partial charge is 0.0580 e. The predicted molar refractivity (Wildman–Crippen MR) is 92.9 cm³/mol. The third-order valence-electron chi connectivity index (χ3n) is 4.43. The zero-order valence-corrected chi connectivity index (χ0v) is 14.3. The maximum Gasteiger partial charge on any atom is 0.0580 e. The van der Waals surface area contributed by atoms with Gasteiger partial charge in [-0.1, -0.05) is 76.5 Å². The van der Waals surface area contributed by atoms with E-state index in [1.807, 2.05) is 0 Å². The second-order valence-corrected chi connectivity index (χ2v) is 6.54. The fourth-order valence-electron chi connectivity index (χ4n) is 2.82. The number of aryl methyl sites for hydroxylation is 2. The van der Waals surface area contributed by atoms with Gasteiger partial charge in [-0.05, 0) is 43.4 Å². The first-order valence-electron chi connectivity index (χ1n) is 8.87. The molecular weight excluding hydrogens is 256 g/mol. The standard InChI is InChI=1S/C20H34O/c1-4-5-6-7-8-9-10-11-12-20(21)16-19-14-13-17(2)18(3)15-19/h13-15,20-21H,4-12,16H2,1-3H3. The van der Waals surface area contributed by atoms with E-state index in [0.29, 0.717) is 0 Å². The summed E-state index contributed by atoms with van der Waals surface area (Å²) in [6.07, 6.45) is 12.2. The van der Waals surface area contributed by atoms with Gasteiger partial charge in [0.1, 0.15) is 0 Å². The normalized spacial score (nSPS) is 12.6. The van der Waals surface area contributed by atoms with Crippen molar-refractivity contribution in [1.82, 2.24) is 0 Å². The quantitative estimate of drug-likeness (QED) is 0.515. The van der Waals surface area contributed by atoms with Crippen molar-refractivity contribution in [3.05, 3.63) is 34.9 Å². The molecule has 0 saturated heterocycles. The lowest BCUT2D eigenvalue weighted by Gasteiger charge is -2.12. The van der Waals surface area contributed by atoms with Gasteiger partial charge in [0.25, 0.3) is 0 Å². The molecule has 1 aromatic rings. The van der Waals surface area contributed by atoms with Crippen LogP contribution in [0.3, 0.4) is 0 Å². The number of hydrogen-bond acceptors (Lipinski definition) is 1. The molecule has 0 spiro atoms. The van der Waals surface area contributed by atoms with Crippen LogP contribution in [0, 0.1) is 13.8 Å². The molecule has 0 amide bonds. The Kier molecular flexibility index (Phi) is 9.41. The van der Waals surface area contributed by atoms with Gasteiger partial charge in [-0.3, -0.25) is 0 Å². The zero-order chi connectivity index (χ0) is 15.5. The van der Waals surface area contributed by atoms with Crippen molar-refractivity contribution >= 4 is 0 Å². The third kappa shape index (κ3) is 8.26. The van der Waals surface area contributed by atoms with Crippen LogP contribution in [0.15, 0.2) is 18.2 Å². The van der Waals surface area contributed by atoms with Crippen molar-refractivity contribution in [2.24, 2.45) is 0 Å². The Labute approximate surface area is 131 Å². The Bertz CT molecular complexity index is 383. The molecule has 0 aliphatic carbocycles. The third-order valence-corrected chi connectivity index (χ3v) is 4.43. The molecule has 0 saturated carbocycles. The summed E-state index contributed by atoms with van der Waals surface area (Å²) < 4.78 is 0. The lowest BCUT2D eigenvalue weighted by Crippen LogP contribution is -2.10. The number of rotatable bonds is 11. The number of aliphatic hydroxyl groups is 1. The summed E-state index contributed by atoms with van der Waals surface area (Å²) in [5.74, 6) is 0. The average molecular weight is 290 g/mol. The van der Waals surface area contributed by atoms with Gasteiger partial charge in [0.15, 0.2) is 0 Å². The Balaban J connectivity index is 2.08. The lowest BCUT2D eigenvalue weighted by atomic mass is 9.99. The van der Waals surface area contributed by atoms with E-state index in [1.165, 1.54) is 68.1 Å². The van der Waals surface area contributed by atoms with Crippen LogP contribution in [0.5, 0.6) is 0 Å². The van der Waals surface area contributed by atoms with Crippen LogP contribution in [-0.2, 0) is 6.42 Å². The van der Waals surface area contributed by atoms with Gasteiger partial charge in [0.2, 0.25) is 0 Å². The van der Waals surface area contributed by atoms with Crippen LogP contribution >= 0.6 is 0 Å². The number of aliphatic hydroxyl groups excluding tert-OH is 1. The summed E-state index contributed by atoms with van der Waals surface area (Å²) in [5, 5.41) is 10.1. The number of unbranched alkanes of at least 4 members (excludes halogenated alkanes) is 7. The highest BCUT2D eigenvalue weighted by atomic mass is 16.3. The first-order chi connectivity index (χ1) is 10.1. The fourth-order valence-corrected chi connectivity index (χ4v) is 2.82. The molecule has 1 nitrogen and oxygen atoms in total. The van der Waals surface area contributed by atoms with Gasteiger partial charge in [-0.2, -0.15) is 0 Å². The van der Waals surface area contributed by atoms with Gasteiger partial charge < -0.3 is 5.11 Å². The molecule has 120 valence electrons. The molecule has 1 atom stereocenters. The molecule has 0 bridgehead atoms. The highest BCUT2D eigenvalue weighted by Crippen LogP contribution is 2.15. The molecule has 1 N–H and O–H groups in total. The van der Waals surface area contributed by atoms with Crippen LogP contribution in [-0.4, -0.2) is 11.2 Å². The Morgan fingerprint density at radius 2 is 1.48 bits per heavy atom. The largest absolute Gasteiger partial charge is 0.393 e. The Morgan fingerprint density at radius 3 is 2.10 bits per heavy atom. The molecule has 0 aromatic heterocycles. The highest BCUT2D eigenvalue weighted by molar-refractivity contribution is 5.30. The van der Waals surface area contributed by atoms with Gasteiger partial charge in [0.05, 0.1) is 6.10 Å². The Hall–Kier alpha value is -0.820. The molecule has 1 heteroatoms. The molecule has 0 aliphatic heterocycles. The highest BCUT2D eigenvalue weighted by Gasteiger charge is 2.06. The van der Waals surface area contributed by atoms with E-state index >= 15 is 0 Å². The predicted octanol–water partition coefficient (Wildman–Crippen LogP) is 5.74. The first kappa shape index (κ1) is 18.2. The van der Waals surface area contributed by atoms with Crippen molar-refractivity contribution < 1.29 is 5.11 Å². The fraction of sp³-hybridized carbons (Fsp3) is 0.700. The minimum absolute atomic E-state index is 0.174. The van der Waals surface area contributed by atoms with E-state index in [1.54, 1.807) is 0 Å². The van der Waals surface area contributed by atoms with Crippen LogP contribution in [0.2, 0.25) is 0 Å². The van der Waals surface area contributed by atoms with Crippen LogP contribution < -0.4 is 0 Å². The minimum Gasteiger partial charge on any atom is -0.393 e.